The second-order valence-corrected chi connectivity index (χ2v) is 5.81. The molecule has 112 valence electrons. The summed E-state index contributed by atoms with van der Waals surface area (Å²) >= 11 is 0. The van der Waals surface area contributed by atoms with Crippen LogP contribution in [0.5, 0.6) is 11.5 Å². The normalized spacial score (nSPS) is 26.3. The summed E-state index contributed by atoms with van der Waals surface area (Å²) in [6.45, 7) is 2.25. The van der Waals surface area contributed by atoms with Gasteiger partial charge in [0, 0.05) is 0 Å². The van der Waals surface area contributed by atoms with Gasteiger partial charge < -0.3 is 14.6 Å². The minimum atomic E-state index is -0.161. The molecule has 1 aromatic carbocycles. The van der Waals surface area contributed by atoms with Gasteiger partial charge in [0.05, 0.1) is 20.3 Å². The average Bonchev–Trinajstić information content (AvgIpc) is 2.49. The van der Waals surface area contributed by atoms with E-state index < -0.39 is 0 Å². The maximum Gasteiger partial charge on any atom is 0.160 e. The summed E-state index contributed by atoms with van der Waals surface area (Å²) in [5.74, 6) is 2.66. The lowest BCUT2D eigenvalue weighted by molar-refractivity contribution is 0.0474. The molecule has 3 nitrogen and oxygen atoms in total. The average molecular weight is 278 g/mol. The van der Waals surface area contributed by atoms with Crippen LogP contribution in [0.1, 0.15) is 38.2 Å². The van der Waals surface area contributed by atoms with Crippen LogP contribution in [-0.4, -0.2) is 25.4 Å². The van der Waals surface area contributed by atoms with Crippen LogP contribution in [0.15, 0.2) is 18.2 Å². The number of benzene rings is 1. The van der Waals surface area contributed by atoms with Crippen LogP contribution in [0.4, 0.5) is 0 Å². The molecule has 0 amide bonds. The number of aliphatic hydroxyl groups is 1. The quantitative estimate of drug-likeness (QED) is 0.896. The van der Waals surface area contributed by atoms with E-state index >= 15 is 0 Å². The van der Waals surface area contributed by atoms with Crippen molar-refractivity contribution in [1.82, 2.24) is 0 Å². The summed E-state index contributed by atoms with van der Waals surface area (Å²) in [6.07, 6.45) is 5.21. The highest BCUT2D eigenvalue weighted by atomic mass is 16.5. The Labute approximate surface area is 121 Å². The van der Waals surface area contributed by atoms with E-state index in [1.807, 2.05) is 12.1 Å². The third kappa shape index (κ3) is 3.45. The van der Waals surface area contributed by atoms with Crippen LogP contribution in [0.25, 0.3) is 0 Å². The number of hydrogen-bond acceptors (Lipinski definition) is 3. The van der Waals surface area contributed by atoms with Crippen molar-refractivity contribution in [1.29, 1.82) is 0 Å². The van der Waals surface area contributed by atoms with E-state index in [1.165, 1.54) is 18.4 Å². The molecule has 20 heavy (non-hydrogen) atoms. The predicted octanol–water partition coefficient (Wildman–Crippen LogP) is 3.43. The topological polar surface area (TPSA) is 38.7 Å². The zero-order valence-corrected chi connectivity index (χ0v) is 12.8. The number of methoxy groups -OCH3 is 2. The first kappa shape index (κ1) is 15.2. The van der Waals surface area contributed by atoms with Crippen LogP contribution in [0.2, 0.25) is 0 Å². The van der Waals surface area contributed by atoms with E-state index in [0.717, 1.165) is 36.7 Å². The third-order valence-corrected chi connectivity index (χ3v) is 4.57. The van der Waals surface area contributed by atoms with Crippen LogP contribution < -0.4 is 9.47 Å². The number of hydrogen-bond donors (Lipinski definition) is 1. The van der Waals surface area contributed by atoms with Gasteiger partial charge in [0.1, 0.15) is 0 Å². The molecule has 0 spiro atoms. The van der Waals surface area contributed by atoms with E-state index in [4.69, 9.17) is 9.47 Å². The van der Waals surface area contributed by atoms with Crippen molar-refractivity contribution in [2.75, 3.05) is 14.2 Å². The summed E-state index contributed by atoms with van der Waals surface area (Å²) in [5.41, 5.74) is 1.21. The molecular formula is C17H26O3. The Morgan fingerprint density at radius 3 is 2.55 bits per heavy atom. The van der Waals surface area contributed by atoms with Crippen molar-refractivity contribution < 1.29 is 14.6 Å². The minimum Gasteiger partial charge on any atom is -0.493 e. The lowest BCUT2D eigenvalue weighted by atomic mass is 9.76. The summed E-state index contributed by atoms with van der Waals surface area (Å²) in [6, 6.07) is 6.05. The molecule has 0 heterocycles. The van der Waals surface area contributed by atoms with E-state index in [0.29, 0.717) is 5.92 Å². The molecule has 1 aliphatic rings. The second kappa shape index (κ2) is 6.98. The van der Waals surface area contributed by atoms with E-state index in [-0.39, 0.29) is 6.10 Å². The van der Waals surface area contributed by atoms with Gasteiger partial charge >= 0.3 is 0 Å². The van der Waals surface area contributed by atoms with Crippen molar-refractivity contribution in [2.45, 2.75) is 45.1 Å². The summed E-state index contributed by atoms with van der Waals surface area (Å²) in [4.78, 5) is 0. The molecule has 0 aliphatic heterocycles. The molecular weight excluding hydrogens is 252 g/mol. The Balaban J connectivity index is 2.08. The predicted molar refractivity (Wildman–Crippen MR) is 80.4 cm³/mol. The van der Waals surface area contributed by atoms with Gasteiger partial charge in [0.15, 0.2) is 11.5 Å². The third-order valence-electron chi connectivity index (χ3n) is 4.57. The molecule has 3 unspecified atom stereocenters. The summed E-state index contributed by atoms with van der Waals surface area (Å²) < 4.78 is 10.6. The number of ether oxygens (including phenoxy) is 2. The lowest BCUT2D eigenvalue weighted by Gasteiger charge is -2.33. The Morgan fingerprint density at radius 1 is 1.15 bits per heavy atom. The maximum absolute atomic E-state index is 10.2. The van der Waals surface area contributed by atoms with Crippen LogP contribution in [0.3, 0.4) is 0 Å². The Kier molecular flexibility index (Phi) is 5.30. The van der Waals surface area contributed by atoms with Crippen LogP contribution in [0, 0.1) is 11.8 Å². The standard InChI is InChI=1S/C17H26O3/c1-4-12-5-7-15(18)14(9-12)10-13-6-8-16(19-2)17(11-13)20-3/h6,8,11-12,14-15,18H,4-5,7,9-10H2,1-3H3. The molecule has 0 aromatic heterocycles. The van der Waals surface area contributed by atoms with E-state index in [1.54, 1.807) is 14.2 Å². The lowest BCUT2D eigenvalue weighted by Crippen LogP contribution is -2.30. The van der Waals surface area contributed by atoms with Gasteiger partial charge in [-0.25, -0.2) is 0 Å². The van der Waals surface area contributed by atoms with Gasteiger partial charge in [-0.3, -0.25) is 0 Å². The highest BCUT2D eigenvalue weighted by molar-refractivity contribution is 5.43. The van der Waals surface area contributed by atoms with Crippen molar-refractivity contribution in [2.24, 2.45) is 11.8 Å². The monoisotopic (exact) mass is 278 g/mol. The van der Waals surface area contributed by atoms with Crippen LogP contribution >= 0.6 is 0 Å². The van der Waals surface area contributed by atoms with Gasteiger partial charge in [-0.15, -0.1) is 0 Å². The molecule has 1 fully saturated rings. The van der Waals surface area contributed by atoms with Crippen LogP contribution in [-0.2, 0) is 6.42 Å². The zero-order valence-electron chi connectivity index (χ0n) is 12.8. The highest BCUT2D eigenvalue weighted by Crippen LogP contribution is 2.35. The fourth-order valence-corrected chi connectivity index (χ4v) is 3.25. The van der Waals surface area contributed by atoms with Gasteiger partial charge in [-0.1, -0.05) is 19.4 Å². The first-order valence-corrected chi connectivity index (χ1v) is 7.56. The minimum absolute atomic E-state index is 0.161. The van der Waals surface area contributed by atoms with Crippen molar-refractivity contribution >= 4 is 0 Å². The zero-order chi connectivity index (χ0) is 14.5. The summed E-state index contributed by atoms with van der Waals surface area (Å²) in [7, 11) is 3.30. The van der Waals surface area contributed by atoms with Crippen molar-refractivity contribution in [3.05, 3.63) is 23.8 Å². The molecule has 2 rings (SSSR count). The molecule has 1 aliphatic carbocycles. The van der Waals surface area contributed by atoms with Crippen molar-refractivity contribution in [3.8, 4) is 11.5 Å². The Morgan fingerprint density at radius 2 is 1.90 bits per heavy atom. The fourth-order valence-electron chi connectivity index (χ4n) is 3.25. The van der Waals surface area contributed by atoms with Crippen molar-refractivity contribution in [3.63, 3.8) is 0 Å². The Hall–Kier alpha value is -1.22. The summed E-state index contributed by atoms with van der Waals surface area (Å²) in [5, 5.41) is 10.2. The van der Waals surface area contributed by atoms with Gasteiger partial charge in [-0.05, 0) is 55.2 Å². The smallest absolute Gasteiger partial charge is 0.160 e. The van der Waals surface area contributed by atoms with Gasteiger partial charge in [0.2, 0.25) is 0 Å². The first-order chi connectivity index (χ1) is 9.67. The second-order valence-electron chi connectivity index (χ2n) is 5.81. The molecule has 0 saturated heterocycles. The molecule has 3 heteroatoms. The Bertz CT molecular complexity index is 430. The molecule has 0 radical (unpaired) electrons. The number of rotatable bonds is 5. The molecule has 1 aromatic rings. The number of aliphatic hydroxyl groups excluding tert-OH is 1. The molecule has 3 atom stereocenters. The van der Waals surface area contributed by atoms with Gasteiger partial charge in [0.25, 0.3) is 0 Å². The molecule has 1 saturated carbocycles. The largest absolute Gasteiger partial charge is 0.493 e. The fraction of sp³-hybridized carbons (Fsp3) is 0.647. The maximum atomic E-state index is 10.2. The molecule has 0 bridgehead atoms. The highest BCUT2D eigenvalue weighted by Gasteiger charge is 2.28. The van der Waals surface area contributed by atoms with Gasteiger partial charge in [-0.2, -0.15) is 0 Å². The molecule has 1 N–H and O–H groups in total. The van der Waals surface area contributed by atoms with E-state index in [2.05, 4.69) is 13.0 Å². The van der Waals surface area contributed by atoms with E-state index in [9.17, 15) is 5.11 Å². The first-order valence-electron chi connectivity index (χ1n) is 7.56. The SMILES string of the molecule is CCC1CCC(O)C(Cc2ccc(OC)c(OC)c2)C1.